The highest BCUT2D eigenvalue weighted by Gasteiger charge is 2.25. The molecule has 0 amide bonds. The molecule has 1 fully saturated rings. The fraction of sp³-hybridized carbons (Fsp3) is 0.385. The van der Waals surface area contributed by atoms with E-state index >= 15 is 0 Å². The molecule has 1 aliphatic heterocycles. The van der Waals surface area contributed by atoms with Crippen molar-refractivity contribution < 1.29 is 13.9 Å². The maximum atomic E-state index is 13.5. The Morgan fingerprint density at radius 2 is 1.94 bits per heavy atom. The number of aromatic nitrogens is 3. The first-order valence-corrected chi connectivity index (χ1v) is 12.4. The third-order valence-corrected chi connectivity index (χ3v) is 6.63. The Morgan fingerprint density at radius 3 is 2.68 bits per heavy atom. The van der Waals surface area contributed by atoms with E-state index in [4.69, 9.17) is 4.74 Å². The lowest BCUT2D eigenvalue weighted by molar-refractivity contribution is 0.0547. The number of piperidine rings is 1. The van der Waals surface area contributed by atoms with Gasteiger partial charge in [0, 0.05) is 34.9 Å². The molecule has 8 heteroatoms. The summed E-state index contributed by atoms with van der Waals surface area (Å²) in [6.45, 7) is 7.86. The van der Waals surface area contributed by atoms with Gasteiger partial charge in [-0.2, -0.15) is 5.10 Å². The average Bonchev–Trinajstić information content (AvgIpc) is 3.34. The minimum atomic E-state index is -0.687. The number of H-pyrrole nitrogens is 1. The lowest BCUT2D eigenvalue weighted by Gasteiger charge is -2.28. The molecule has 0 saturated carbocycles. The lowest BCUT2D eigenvalue weighted by Crippen LogP contribution is -2.33. The van der Waals surface area contributed by atoms with Gasteiger partial charge < -0.3 is 4.74 Å². The minimum Gasteiger partial charge on any atom is -0.443 e. The zero-order valence-electron chi connectivity index (χ0n) is 19.6. The van der Waals surface area contributed by atoms with Crippen LogP contribution in [0.2, 0.25) is 0 Å². The van der Waals surface area contributed by atoms with E-state index in [2.05, 4.69) is 37.1 Å². The second-order valence-electron chi connectivity index (χ2n) is 9.95. The van der Waals surface area contributed by atoms with Crippen molar-refractivity contribution in [1.29, 1.82) is 0 Å². The van der Waals surface area contributed by atoms with Gasteiger partial charge in [-0.3, -0.25) is 10.00 Å². The number of carbonyl (C=O) groups excluding carboxylic acids is 1. The van der Waals surface area contributed by atoms with Gasteiger partial charge in [0.25, 0.3) is 0 Å². The largest absolute Gasteiger partial charge is 0.443 e. The van der Waals surface area contributed by atoms with Crippen LogP contribution in [-0.2, 0) is 11.3 Å². The van der Waals surface area contributed by atoms with Crippen LogP contribution >= 0.6 is 15.9 Å². The summed E-state index contributed by atoms with van der Waals surface area (Å²) >= 11 is 3.50. The molecule has 0 unspecified atom stereocenters. The van der Waals surface area contributed by atoms with E-state index in [-0.39, 0.29) is 0 Å². The number of rotatable bonds is 3. The monoisotopic (exact) mass is 526 g/mol. The summed E-state index contributed by atoms with van der Waals surface area (Å²) in [6, 6.07) is 14.0. The molecule has 2 aromatic carbocycles. The number of halogens is 2. The van der Waals surface area contributed by atoms with Crippen molar-refractivity contribution in [2.24, 2.45) is 0 Å². The SMILES string of the molecule is CC(C)(C)OC(=O)n1c(-c2n[nH]c3cc(Br)ccc23)cc2cc(CN3CCC(F)CC3)ccc21. The third-order valence-electron chi connectivity index (χ3n) is 6.13. The second kappa shape index (κ2) is 8.82. The number of ether oxygens (including phenoxy) is 1. The quantitative estimate of drug-likeness (QED) is 0.324. The van der Waals surface area contributed by atoms with E-state index in [0.29, 0.717) is 24.2 Å². The molecule has 0 atom stereocenters. The first-order chi connectivity index (χ1) is 16.2. The molecule has 3 heterocycles. The van der Waals surface area contributed by atoms with Crippen molar-refractivity contribution in [2.45, 2.75) is 51.9 Å². The predicted octanol–water partition coefficient (Wildman–Crippen LogP) is 6.66. The maximum absolute atomic E-state index is 13.5. The molecular weight excluding hydrogens is 499 g/mol. The topological polar surface area (TPSA) is 63.2 Å². The Morgan fingerprint density at radius 1 is 1.18 bits per heavy atom. The van der Waals surface area contributed by atoms with Gasteiger partial charge in [0.1, 0.15) is 17.5 Å². The van der Waals surface area contributed by atoms with Crippen LogP contribution in [0.4, 0.5) is 9.18 Å². The molecule has 0 aliphatic carbocycles. The number of carbonyl (C=O) groups is 1. The number of benzene rings is 2. The molecule has 1 aliphatic rings. The number of fused-ring (bicyclic) bond motifs is 2. The van der Waals surface area contributed by atoms with E-state index in [1.54, 1.807) is 4.57 Å². The Kier molecular flexibility index (Phi) is 5.98. The van der Waals surface area contributed by atoms with E-state index in [0.717, 1.165) is 51.5 Å². The van der Waals surface area contributed by atoms with Gasteiger partial charge >= 0.3 is 6.09 Å². The van der Waals surface area contributed by atoms with Gasteiger partial charge in [-0.05, 0) is 75.6 Å². The molecule has 0 radical (unpaired) electrons. The second-order valence-corrected chi connectivity index (χ2v) is 10.9. The Labute approximate surface area is 206 Å². The van der Waals surface area contributed by atoms with Crippen LogP contribution in [0.3, 0.4) is 0 Å². The van der Waals surface area contributed by atoms with Gasteiger partial charge in [0.15, 0.2) is 0 Å². The molecule has 178 valence electrons. The molecule has 34 heavy (non-hydrogen) atoms. The number of alkyl halides is 1. The fourth-order valence-electron chi connectivity index (χ4n) is 4.55. The number of nitrogens with zero attached hydrogens (tertiary/aromatic N) is 3. The zero-order chi connectivity index (χ0) is 24.0. The van der Waals surface area contributed by atoms with Crippen LogP contribution in [-0.4, -0.2) is 50.6 Å². The van der Waals surface area contributed by atoms with E-state index in [9.17, 15) is 9.18 Å². The Balaban J connectivity index is 1.59. The molecule has 4 aromatic rings. The Hall–Kier alpha value is -2.71. The maximum Gasteiger partial charge on any atom is 0.419 e. The standard InChI is InChI=1S/C26H28BrFN4O2/c1-26(2,3)34-25(33)32-22-7-4-16(15-31-10-8-19(28)9-11-31)12-17(22)13-23(32)24-20-6-5-18(27)14-21(20)29-30-24/h4-7,12-14,19H,8-11,15H2,1-3H3,(H,29,30). The summed E-state index contributed by atoms with van der Waals surface area (Å²) in [7, 11) is 0. The van der Waals surface area contributed by atoms with Gasteiger partial charge in [-0.25, -0.2) is 13.8 Å². The predicted molar refractivity (Wildman–Crippen MR) is 136 cm³/mol. The van der Waals surface area contributed by atoms with Crippen molar-refractivity contribution in [3.63, 3.8) is 0 Å². The van der Waals surface area contributed by atoms with Crippen LogP contribution in [0.15, 0.2) is 46.9 Å². The highest BCUT2D eigenvalue weighted by atomic mass is 79.9. The van der Waals surface area contributed by atoms with Gasteiger partial charge in [-0.1, -0.05) is 22.0 Å². The number of hydrogen-bond acceptors (Lipinski definition) is 4. The summed E-state index contributed by atoms with van der Waals surface area (Å²) in [6.07, 6.45) is 0.0463. The number of likely N-dealkylation sites (tertiary alicyclic amines) is 1. The Bertz CT molecular complexity index is 1360. The minimum absolute atomic E-state index is 0.441. The molecular formula is C26H28BrFN4O2. The lowest BCUT2D eigenvalue weighted by atomic mass is 10.1. The van der Waals surface area contributed by atoms with E-state index in [1.165, 1.54) is 0 Å². The molecule has 6 nitrogen and oxygen atoms in total. The van der Waals surface area contributed by atoms with Crippen LogP contribution in [0.1, 0.15) is 39.2 Å². The number of aromatic amines is 1. The van der Waals surface area contributed by atoms with E-state index in [1.807, 2.05) is 57.2 Å². The highest BCUT2D eigenvalue weighted by molar-refractivity contribution is 9.10. The van der Waals surface area contributed by atoms with Crippen LogP contribution in [0.25, 0.3) is 33.2 Å². The van der Waals surface area contributed by atoms with E-state index < -0.39 is 17.9 Å². The molecule has 0 spiro atoms. The number of hydrogen-bond donors (Lipinski definition) is 1. The van der Waals surface area contributed by atoms with Crippen molar-refractivity contribution in [1.82, 2.24) is 19.7 Å². The van der Waals surface area contributed by atoms with Gasteiger partial charge in [0.05, 0.1) is 16.7 Å². The molecule has 1 N–H and O–H groups in total. The molecule has 1 saturated heterocycles. The summed E-state index contributed by atoms with van der Waals surface area (Å²) < 4.78 is 21.8. The molecule has 5 rings (SSSR count). The van der Waals surface area contributed by atoms with Gasteiger partial charge in [-0.15, -0.1) is 0 Å². The van der Waals surface area contributed by atoms with Crippen molar-refractivity contribution in [3.05, 3.63) is 52.5 Å². The van der Waals surface area contributed by atoms with Crippen LogP contribution in [0, 0.1) is 0 Å². The van der Waals surface area contributed by atoms with Crippen LogP contribution in [0.5, 0.6) is 0 Å². The zero-order valence-corrected chi connectivity index (χ0v) is 21.2. The highest BCUT2D eigenvalue weighted by Crippen LogP contribution is 2.34. The van der Waals surface area contributed by atoms with Crippen molar-refractivity contribution in [2.75, 3.05) is 13.1 Å². The first kappa shape index (κ1) is 23.1. The fourth-order valence-corrected chi connectivity index (χ4v) is 4.91. The molecule has 2 aromatic heterocycles. The van der Waals surface area contributed by atoms with Crippen LogP contribution < -0.4 is 0 Å². The molecule has 0 bridgehead atoms. The average molecular weight is 527 g/mol. The summed E-state index contributed by atoms with van der Waals surface area (Å²) in [5.41, 5.74) is 3.51. The van der Waals surface area contributed by atoms with Crippen molar-refractivity contribution >= 4 is 43.8 Å². The summed E-state index contributed by atoms with van der Waals surface area (Å²) in [5.74, 6) is 0. The smallest absolute Gasteiger partial charge is 0.419 e. The van der Waals surface area contributed by atoms with Gasteiger partial charge in [0.2, 0.25) is 0 Å². The number of nitrogens with one attached hydrogen (secondary N) is 1. The van der Waals surface area contributed by atoms with Crippen molar-refractivity contribution in [3.8, 4) is 11.4 Å². The normalized spacial score (nSPS) is 15.9. The summed E-state index contributed by atoms with van der Waals surface area (Å²) in [4.78, 5) is 15.6. The first-order valence-electron chi connectivity index (χ1n) is 11.6. The third kappa shape index (κ3) is 4.61. The summed E-state index contributed by atoms with van der Waals surface area (Å²) in [5, 5.41) is 9.48.